The van der Waals surface area contributed by atoms with Gasteiger partial charge >= 0.3 is 0 Å². The summed E-state index contributed by atoms with van der Waals surface area (Å²) in [5, 5.41) is 10.8. The molecule has 0 fully saturated rings. The Labute approximate surface area is 144 Å². The summed E-state index contributed by atoms with van der Waals surface area (Å²) >= 11 is 0. The third-order valence-corrected chi connectivity index (χ3v) is 4.16. The molecule has 1 atom stereocenters. The summed E-state index contributed by atoms with van der Waals surface area (Å²) in [5.41, 5.74) is 3.18. The van der Waals surface area contributed by atoms with Crippen molar-refractivity contribution in [2.75, 3.05) is 11.9 Å². The summed E-state index contributed by atoms with van der Waals surface area (Å²) in [7, 11) is 0. The Balaban J connectivity index is 1.43. The Hall–Kier alpha value is -3.06. The van der Waals surface area contributed by atoms with Gasteiger partial charge in [0.2, 0.25) is 11.9 Å². The van der Waals surface area contributed by atoms with E-state index in [9.17, 15) is 4.79 Å². The van der Waals surface area contributed by atoms with E-state index in [0.717, 1.165) is 17.5 Å². The van der Waals surface area contributed by atoms with E-state index in [-0.39, 0.29) is 18.4 Å². The van der Waals surface area contributed by atoms with Crippen LogP contribution in [0.15, 0.2) is 48.8 Å². The van der Waals surface area contributed by atoms with Crippen LogP contribution < -0.4 is 5.32 Å². The SMILES string of the molecule is O=C(CC1OCCc2ccccc21)Nc1nnc(-c2ccncc2)[nH]1. The van der Waals surface area contributed by atoms with Crippen molar-refractivity contribution >= 4 is 11.9 Å². The summed E-state index contributed by atoms with van der Waals surface area (Å²) in [4.78, 5) is 19.3. The van der Waals surface area contributed by atoms with E-state index in [1.807, 2.05) is 30.3 Å². The molecule has 126 valence electrons. The van der Waals surface area contributed by atoms with E-state index in [1.54, 1.807) is 12.4 Å². The van der Waals surface area contributed by atoms with E-state index in [4.69, 9.17) is 4.74 Å². The molecular weight excluding hydrogens is 318 g/mol. The van der Waals surface area contributed by atoms with Crippen LogP contribution in [0.25, 0.3) is 11.4 Å². The van der Waals surface area contributed by atoms with E-state index in [2.05, 4.69) is 31.5 Å². The first-order valence-electron chi connectivity index (χ1n) is 8.12. The third kappa shape index (κ3) is 3.41. The Morgan fingerprint density at radius 1 is 1.20 bits per heavy atom. The van der Waals surface area contributed by atoms with Crippen LogP contribution in [0.5, 0.6) is 0 Å². The van der Waals surface area contributed by atoms with Crippen LogP contribution in [0.3, 0.4) is 0 Å². The molecule has 4 rings (SSSR count). The van der Waals surface area contributed by atoms with E-state index in [0.29, 0.717) is 18.4 Å². The number of hydrogen-bond donors (Lipinski definition) is 2. The van der Waals surface area contributed by atoms with Crippen LogP contribution in [-0.2, 0) is 16.0 Å². The smallest absolute Gasteiger partial charge is 0.229 e. The number of H-pyrrole nitrogens is 1. The van der Waals surface area contributed by atoms with Crippen LogP contribution in [-0.4, -0.2) is 32.7 Å². The number of fused-ring (bicyclic) bond motifs is 1. The molecule has 0 saturated heterocycles. The summed E-state index contributed by atoms with van der Waals surface area (Å²) in [6.45, 7) is 0.628. The number of aromatic amines is 1. The van der Waals surface area contributed by atoms with Gasteiger partial charge in [0.1, 0.15) is 0 Å². The van der Waals surface area contributed by atoms with Gasteiger partial charge in [-0.3, -0.25) is 15.1 Å². The third-order valence-electron chi connectivity index (χ3n) is 4.16. The Morgan fingerprint density at radius 2 is 2.04 bits per heavy atom. The Kier molecular flexibility index (Phi) is 4.22. The van der Waals surface area contributed by atoms with Crippen LogP contribution in [0.1, 0.15) is 23.7 Å². The minimum absolute atomic E-state index is 0.167. The van der Waals surface area contributed by atoms with E-state index in [1.165, 1.54) is 5.56 Å². The lowest BCUT2D eigenvalue weighted by Crippen LogP contribution is -2.22. The molecule has 7 heteroatoms. The first kappa shape index (κ1) is 15.5. The lowest BCUT2D eigenvalue weighted by molar-refractivity contribution is -0.119. The molecule has 2 aromatic heterocycles. The molecule has 25 heavy (non-hydrogen) atoms. The molecule has 0 spiro atoms. The molecule has 3 aromatic rings. The number of rotatable bonds is 4. The summed E-state index contributed by atoms with van der Waals surface area (Å²) < 4.78 is 5.77. The number of carbonyl (C=O) groups is 1. The molecule has 1 amide bonds. The maximum atomic E-state index is 12.3. The summed E-state index contributed by atoms with van der Waals surface area (Å²) in [6.07, 6.45) is 4.24. The highest BCUT2D eigenvalue weighted by Gasteiger charge is 2.23. The van der Waals surface area contributed by atoms with Gasteiger partial charge in [-0.2, -0.15) is 0 Å². The molecule has 0 aliphatic carbocycles. The zero-order valence-corrected chi connectivity index (χ0v) is 13.5. The second-order valence-electron chi connectivity index (χ2n) is 5.82. The molecule has 1 aromatic carbocycles. The van der Waals surface area contributed by atoms with Gasteiger partial charge in [-0.05, 0) is 29.7 Å². The van der Waals surface area contributed by atoms with Gasteiger partial charge in [0.25, 0.3) is 0 Å². The highest BCUT2D eigenvalue weighted by atomic mass is 16.5. The number of anilines is 1. The number of benzene rings is 1. The number of nitrogens with one attached hydrogen (secondary N) is 2. The predicted octanol–water partition coefficient (Wildman–Crippen LogP) is 2.51. The normalized spacial score (nSPS) is 16.2. The van der Waals surface area contributed by atoms with Crippen molar-refractivity contribution in [3.8, 4) is 11.4 Å². The van der Waals surface area contributed by atoms with Gasteiger partial charge in [-0.1, -0.05) is 24.3 Å². The molecule has 1 unspecified atom stereocenters. The average Bonchev–Trinajstić information content (AvgIpc) is 3.11. The second-order valence-corrected chi connectivity index (χ2v) is 5.82. The number of pyridine rings is 1. The monoisotopic (exact) mass is 335 g/mol. The van der Waals surface area contributed by atoms with Gasteiger partial charge < -0.3 is 9.72 Å². The van der Waals surface area contributed by atoms with Crippen molar-refractivity contribution in [1.29, 1.82) is 0 Å². The summed E-state index contributed by atoms with van der Waals surface area (Å²) in [5.74, 6) is 0.733. The standard InChI is InChI=1S/C18H17N5O2/c24-16(11-15-14-4-2-1-3-12(14)7-10-25-15)20-18-21-17(22-23-18)13-5-8-19-9-6-13/h1-6,8-9,15H,7,10-11H2,(H2,20,21,22,23,24). The van der Waals surface area contributed by atoms with E-state index < -0.39 is 0 Å². The number of aromatic nitrogens is 4. The maximum Gasteiger partial charge on any atom is 0.229 e. The van der Waals surface area contributed by atoms with Crippen molar-refractivity contribution in [3.05, 3.63) is 59.9 Å². The quantitative estimate of drug-likeness (QED) is 0.764. The molecule has 7 nitrogen and oxygen atoms in total. The Morgan fingerprint density at radius 3 is 2.92 bits per heavy atom. The largest absolute Gasteiger partial charge is 0.373 e. The number of ether oxygens (including phenoxy) is 1. The van der Waals surface area contributed by atoms with Gasteiger partial charge in [0.15, 0.2) is 5.82 Å². The predicted molar refractivity (Wildman–Crippen MR) is 91.7 cm³/mol. The molecular formula is C18H17N5O2. The van der Waals surface area contributed by atoms with Crippen molar-refractivity contribution in [2.24, 2.45) is 0 Å². The minimum Gasteiger partial charge on any atom is -0.373 e. The van der Waals surface area contributed by atoms with Gasteiger partial charge in [-0.15, -0.1) is 10.2 Å². The topological polar surface area (TPSA) is 92.8 Å². The number of nitrogens with zero attached hydrogens (tertiary/aromatic N) is 3. The summed E-state index contributed by atoms with van der Waals surface area (Å²) in [6, 6.07) is 11.7. The number of carbonyl (C=O) groups excluding carboxylic acids is 1. The average molecular weight is 335 g/mol. The van der Waals surface area contributed by atoms with Crippen LogP contribution in [0.2, 0.25) is 0 Å². The Bertz CT molecular complexity index is 878. The molecule has 2 N–H and O–H groups in total. The minimum atomic E-state index is -0.229. The second kappa shape index (κ2) is 6.82. The molecule has 1 aliphatic heterocycles. The zero-order valence-electron chi connectivity index (χ0n) is 13.5. The van der Waals surface area contributed by atoms with Gasteiger partial charge in [0, 0.05) is 18.0 Å². The molecule has 1 aliphatic rings. The fourth-order valence-electron chi connectivity index (χ4n) is 2.96. The first-order valence-corrected chi connectivity index (χ1v) is 8.12. The van der Waals surface area contributed by atoms with Crippen LogP contribution >= 0.6 is 0 Å². The number of amides is 1. The van der Waals surface area contributed by atoms with Crippen molar-refractivity contribution in [2.45, 2.75) is 18.9 Å². The molecule has 0 saturated carbocycles. The molecule has 3 heterocycles. The highest BCUT2D eigenvalue weighted by molar-refractivity contribution is 5.89. The van der Waals surface area contributed by atoms with Crippen LogP contribution in [0, 0.1) is 0 Å². The van der Waals surface area contributed by atoms with Crippen molar-refractivity contribution in [3.63, 3.8) is 0 Å². The number of hydrogen-bond acceptors (Lipinski definition) is 5. The lowest BCUT2D eigenvalue weighted by atomic mass is 9.96. The van der Waals surface area contributed by atoms with Crippen molar-refractivity contribution in [1.82, 2.24) is 20.2 Å². The highest BCUT2D eigenvalue weighted by Crippen LogP contribution is 2.29. The lowest BCUT2D eigenvalue weighted by Gasteiger charge is -2.25. The zero-order chi connectivity index (χ0) is 17.1. The van der Waals surface area contributed by atoms with Gasteiger partial charge in [-0.25, -0.2) is 0 Å². The van der Waals surface area contributed by atoms with Crippen LogP contribution in [0.4, 0.5) is 5.95 Å². The fourth-order valence-corrected chi connectivity index (χ4v) is 2.96. The van der Waals surface area contributed by atoms with Crippen molar-refractivity contribution < 1.29 is 9.53 Å². The molecule has 0 bridgehead atoms. The van der Waals surface area contributed by atoms with E-state index >= 15 is 0 Å². The fraction of sp³-hybridized carbons (Fsp3) is 0.222. The van der Waals surface area contributed by atoms with Gasteiger partial charge in [0.05, 0.1) is 19.1 Å². The molecule has 0 radical (unpaired) electrons. The maximum absolute atomic E-state index is 12.3. The first-order chi connectivity index (χ1) is 12.3.